The Labute approximate surface area is 112 Å². The number of hydrogen-bond acceptors (Lipinski definition) is 6. The van der Waals surface area contributed by atoms with E-state index in [-0.39, 0.29) is 12.6 Å². The predicted molar refractivity (Wildman–Crippen MR) is 65.3 cm³/mol. The largest absolute Gasteiger partial charge is 0.476 e. The highest BCUT2D eigenvalue weighted by Gasteiger charge is 2.25. The van der Waals surface area contributed by atoms with E-state index in [4.69, 9.17) is 5.11 Å². The lowest BCUT2D eigenvalue weighted by molar-refractivity contribution is -0.385. The van der Waals surface area contributed by atoms with Crippen LogP contribution in [0.15, 0.2) is 12.5 Å². The van der Waals surface area contributed by atoms with Crippen LogP contribution in [0.3, 0.4) is 0 Å². The van der Waals surface area contributed by atoms with Gasteiger partial charge in [-0.2, -0.15) is 10.2 Å². The molecule has 0 radical (unpaired) electrons. The van der Waals surface area contributed by atoms with Crippen LogP contribution in [0.1, 0.15) is 36.2 Å². The molecular weight excluding hydrogens is 268 g/mol. The van der Waals surface area contributed by atoms with Crippen LogP contribution < -0.4 is 0 Å². The van der Waals surface area contributed by atoms with Crippen molar-refractivity contribution in [3.8, 4) is 0 Å². The number of carboxylic acid groups (broad SMARTS) is 1. The van der Waals surface area contributed by atoms with Gasteiger partial charge in [0.25, 0.3) is 0 Å². The molecule has 0 aliphatic carbocycles. The highest BCUT2D eigenvalue weighted by molar-refractivity contribution is 5.89. The molecule has 0 amide bonds. The number of nitrogens with zero attached hydrogens (tertiary/aromatic N) is 6. The number of carboxylic acids is 1. The summed E-state index contributed by atoms with van der Waals surface area (Å²) in [6.45, 7) is 3.92. The minimum Gasteiger partial charge on any atom is -0.476 e. The zero-order valence-electron chi connectivity index (χ0n) is 10.8. The lowest BCUT2D eigenvalue weighted by Gasteiger charge is -2.08. The van der Waals surface area contributed by atoms with Crippen molar-refractivity contribution >= 4 is 11.7 Å². The molecule has 1 N–H and O–H groups in total. The molecule has 0 aromatic carbocycles. The van der Waals surface area contributed by atoms with Crippen LogP contribution in [-0.2, 0) is 6.54 Å². The number of aromatic carboxylic acids is 1. The maximum absolute atomic E-state index is 10.9. The third kappa shape index (κ3) is 2.48. The van der Waals surface area contributed by atoms with Crippen molar-refractivity contribution in [1.82, 2.24) is 24.5 Å². The molecule has 0 aliphatic rings. The van der Waals surface area contributed by atoms with E-state index in [1.807, 2.05) is 13.8 Å². The summed E-state index contributed by atoms with van der Waals surface area (Å²) in [7, 11) is 0. The Morgan fingerprint density at radius 2 is 2.25 bits per heavy atom. The monoisotopic (exact) mass is 280 g/mol. The van der Waals surface area contributed by atoms with Crippen LogP contribution >= 0.6 is 0 Å². The van der Waals surface area contributed by atoms with E-state index in [2.05, 4.69) is 15.2 Å². The zero-order chi connectivity index (χ0) is 14.9. The van der Waals surface area contributed by atoms with Crippen LogP contribution in [0.4, 0.5) is 5.69 Å². The molecule has 2 rings (SSSR count). The third-order valence-electron chi connectivity index (χ3n) is 2.58. The Bertz CT molecular complexity index is 627. The first-order valence-electron chi connectivity index (χ1n) is 5.73. The van der Waals surface area contributed by atoms with Gasteiger partial charge >= 0.3 is 11.7 Å². The first-order valence-corrected chi connectivity index (χ1v) is 5.73. The molecule has 0 bridgehead atoms. The summed E-state index contributed by atoms with van der Waals surface area (Å²) >= 11 is 0. The number of carbonyl (C=O) groups is 1. The van der Waals surface area contributed by atoms with E-state index in [9.17, 15) is 14.9 Å². The molecule has 0 fully saturated rings. The number of rotatable bonds is 5. The molecule has 2 aromatic rings. The summed E-state index contributed by atoms with van der Waals surface area (Å²) in [5.74, 6) is -0.907. The molecule has 10 nitrogen and oxygen atoms in total. The Hall–Kier alpha value is -2.78. The van der Waals surface area contributed by atoms with Gasteiger partial charge in [0.15, 0.2) is 0 Å². The highest BCUT2D eigenvalue weighted by Crippen LogP contribution is 2.17. The highest BCUT2D eigenvalue weighted by atomic mass is 16.6. The Kier molecular flexibility index (Phi) is 3.46. The number of aromatic nitrogens is 5. The lowest BCUT2D eigenvalue weighted by atomic mass is 10.4. The smallest absolute Gasteiger partial charge is 0.363 e. The molecule has 0 atom stereocenters. The van der Waals surface area contributed by atoms with Crippen LogP contribution in [-0.4, -0.2) is 40.5 Å². The van der Waals surface area contributed by atoms with Crippen molar-refractivity contribution in [2.75, 3.05) is 0 Å². The molecule has 2 aromatic heterocycles. The first kappa shape index (κ1) is 13.6. The van der Waals surface area contributed by atoms with E-state index in [1.54, 1.807) is 4.68 Å². The lowest BCUT2D eigenvalue weighted by Crippen LogP contribution is -2.12. The molecule has 0 spiro atoms. The van der Waals surface area contributed by atoms with Crippen molar-refractivity contribution < 1.29 is 14.8 Å². The minimum atomic E-state index is -1.44. The summed E-state index contributed by atoms with van der Waals surface area (Å²) in [6, 6.07) is 0.0667. The van der Waals surface area contributed by atoms with Gasteiger partial charge in [-0.3, -0.25) is 14.8 Å². The fraction of sp³-hybridized carbons (Fsp3) is 0.400. The second-order valence-electron chi connectivity index (χ2n) is 4.34. The fourth-order valence-corrected chi connectivity index (χ4v) is 1.74. The number of nitro groups is 1. The minimum absolute atomic E-state index is 0.0667. The van der Waals surface area contributed by atoms with Crippen LogP contribution in [0.2, 0.25) is 0 Å². The van der Waals surface area contributed by atoms with Crippen LogP contribution in [0.25, 0.3) is 0 Å². The molecule has 20 heavy (non-hydrogen) atoms. The van der Waals surface area contributed by atoms with Gasteiger partial charge in [-0.25, -0.2) is 14.5 Å². The quantitative estimate of drug-likeness (QED) is 0.630. The molecular formula is C10H12N6O4. The Morgan fingerprint density at radius 3 is 2.75 bits per heavy atom. The molecule has 106 valence electrons. The second kappa shape index (κ2) is 5.07. The average molecular weight is 280 g/mol. The van der Waals surface area contributed by atoms with Gasteiger partial charge in [0.05, 0.1) is 4.92 Å². The van der Waals surface area contributed by atoms with Gasteiger partial charge < -0.3 is 5.11 Å². The molecule has 0 aliphatic heterocycles. The number of hydrogen-bond donors (Lipinski definition) is 1. The van der Waals surface area contributed by atoms with Crippen molar-refractivity contribution in [1.29, 1.82) is 0 Å². The summed E-state index contributed by atoms with van der Waals surface area (Å²) in [6.07, 6.45) is 2.44. The first-order chi connectivity index (χ1) is 9.40. The Morgan fingerprint density at radius 1 is 1.55 bits per heavy atom. The molecule has 2 heterocycles. The molecule has 0 unspecified atom stereocenters. The summed E-state index contributed by atoms with van der Waals surface area (Å²) in [4.78, 5) is 24.9. The summed E-state index contributed by atoms with van der Waals surface area (Å²) in [5, 5.41) is 27.4. The SMILES string of the molecule is CC(C)n1ncnc1Cn1cc([N+](=O)[O-])c(C(=O)O)n1. The maximum atomic E-state index is 10.9. The summed E-state index contributed by atoms with van der Waals surface area (Å²) in [5.41, 5.74) is -1.14. The molecule has 0 saturated heterocycles. The van der Waals surface area contributed by atoms with Crippen LogP contribution in [0.5, 0.6) is 0 Å². The van der Waals surface area contributed by atoms with Gasteiger partial charge in [-0.05, 0) is 13.8 Å². The average Bonchev–Trinajstić information content (AvgIpc) is 2.95. The van der Waals surface area contributed by atoms with Gasteiger partial charge in [-0.1, -0.05) is 0 Å². The van der Waals surface area contributed by atoms with Crippen molar-refractivity contribution in [2.24, 2.45) is 0 Å². The van der Waals surface area contributed by atoms with Crippen LogP contribution in [0, 0.1) is 10.1 Å². The van der Waals surface area contributed by atoms with E-state index < -0.39 is 22.3 Å². The van der Waals surface area contributed by atoms with E-state index in [1.165, 1.54) is 11.0 Å². The topological polar surface area (TPSA) is 129 Å². The third-order valence-corrected chi connectivity index (χ3v) is 2.58. The zero-order valence-corrected chi connectivity index (χ0v) is 10.8. The second-order valence-corrected chi connectivity index (χ2v) is 4.34. The fourth-order valence-electron chi connectivity index (χ4n) is 1.74. The van der Waals surface area contributed by atoms with E-state index in [0.29, 0.717) is 5.82 Å². The van der Waals surface area contributed by atoms with Crippen molar-refractivity contribution in [3.63, 3.8) is 0 Å². The van der Waals surface area contributed by atoms with Crippen molar-refractivity contribution in [3.05, 3.63) is 34.2 Å². The predicted octanol–water partition coefficient (Wildman–Crippen LogP) is 0.710. The normalized spacial score (nSPS) is 10.9. The van der Waals surface area contributed by atoms with Gasteiger partial charge in [-0.15, -0.1) is 0 Å². The standard InChI is InChI=1S/C10H12N6O4/c1-6(2)15-8(11-5-12-15)4-14-3-7(16(19)20)9(13-14)10(17)18/h3,5-6H,4H2,1-2H3,(H,17,18). The maximum Gasteiger partial charge on any atom is 0.363 e. The van der Waals surface area contributed by atoms with E-state index >= 15 is 0 Å². The summed E-state index contributed by atoms with van der Waals surface area (Å²) < 4.78 is 2.80. The van der Waals surface area contributed by atoms with Gasteiger partial charge in [0.2, 0.25) is 5.69 Å². The van der Waals surface area contributed by atoms with E-state index in [0.717, 1.165) is 6.20 Å². The molecule has 0 saturated carbocycles. The van der Waals surface area contributed by atoms with Gasteiger partial charge in [0, 0.05) is 6.04 Å². The van der Waals surface area contributed by atoms with Crippen molar-refractivity contribution in [2.45, 2.75) is 26.4 Å². The van der Waals surface area contributed by atoms with Gasteiger partial charge in [0.1, 0.15) is 24.9 Å². The molecule has 10 heteroatoms. The Balaban J connectivity index is 2.35.